The molecule has 1 aliphatic rings. The van der Waals surface area contributed by atoms with E-state index in [0.29, 0.717) is 22.9 Å². The Morgan fingerprint density at radius 2 is 1.68 bits per heavy atom. The summed E-state index contributed by atoms with van der Waals surface area (Å²) in [5, 5.41) is 12.4. The molecule has 0 aliphatic carbocycles. The van der Waals surface area contributed by atoms with Crippen molar-refractivity contribution >= 4 is 34.4 Å². The van der Waals surface area contributed by atoms with Crippen molar-refractivity contribution in [3.63, 3.8) is 0 Å². The van der Waals surface area contributed by atoms with E-state index in [9.17, 15) is 4.79 Å². The molecule has 2 heterocycles. The second-order valence-electron chi connectivity index (χ2n) is 10.8. The van der Waals surface area contributed by atoms with E-state index in [4.69, 9.17) is 15.1 Å². The maximum Gasteiger partial charge on any atom is 0.255 e. The van der Waals surface area contributed by atoms with E-state index in [1.54, 1.807) is 16.9 Å². The number of nitrogens with zero attached hydrogens (tertiary/aromatic N) is 6. The van der Waals surface area contributed by atoms with Gasteiger partial charge in [-0.15, -0.1) is 9.89 Å². The number of aryl methyl sites for hydroxylation is 1. The van der Waals surface area contributed by atoms with Gasteiger partial charge in [-0.05, 0) is 80.9 Å². The van der Waals surface area contributed by atoms with Gasteiger partial charge in [-0.3, -0.25) is 4.79 Å². The monoisotopic (exact) mass is 533 g/mol. The average Bonchev–Trinajstić information content (AvgIpc) is 3.51. The van der Waals surface area contributed by atoms with Crippen LogP contribution in [0, 0.1) is 12.3 Å². The van der Waals surface area contributed by atoms with Crippen molar-refractivity contribution in [2.24, 2.45) is 15.5 Å². The molecule has 4 aromatic rings. The van der Waals surface area contributed by atoms with Gasteiger partial charge in [0, 0.05) is 41.0 Å². The van der Waals surface area contributed by atoms with Gasteiger partial charge in [0.2, 0.25) is 5.82 Å². The third kappa shape index (κ3) is 5.43. The molecule has 8 nitrogen and oxygen atoms in total. The summed E-state index contributed by atoms with van der Waals surface area (Å²) >= 11 is 0. The van der Waals surface area contributed by atoms with Gasteiger partial charge in [0.25, 0.3) is 5.91 Å². The topological polar surface area (TPSA) is 87.8 Å². The van der Waals surface area contributed by atoms with Gasteiger partial charge in [0.1, 0.15) is 5.71 Å². The van der Waals surface area contributed by atoms with Crippen LogP contribution in [0.25, 0.3) is 11.4 Å². The van der Waals surface area contributed by atoms with Crippen molar-refractivity contribution in [3.8, 4) is 11.4 Å². The van der Waals surface area contributed by atoms with Crippen LogP contribution in [0.3, 0.4) is 0 Å². The lowest BCUT2D eigenvalue weighted by molar-refractivity contribution is 0.102. The molecule has 1 aromatic heterocycles. The van der Waals surface area contributed by atoms with Crippen LogP contribution >= 0.6 is 0 Å². The Balaban J connectivity index is 1.44. The van der Waals surface area contributed by atoms with Gasteiger partial charge in [-0.25, -0.2) is 9.98 Å². The lowest BCUT2D eigenvalue weighted by Gasteiger charge is -2.22. The summed E-state index contributed by atoms with van der Waals surface area (Å²) in [7, 11) is 0. The molecular formula is C32H35N7O. The van der Waals surface area contributed by atoms with E-state index >= 15 is 0 Å². The minimum atomic E-state index is -0.241. The standard InChI is InChI=1S/C32H35N7O/c1-7-38(8-2)25-18-19-26(21(3)20-25)34-27-28(32(4,5)6)36-39-30(27)35-29(37-39)22-14-16-24(17-15-22)33-31(40)23-12-10-9-11-13-23/h9-20H,7-8H2,1-6H3,(H,33,40). The molecule has 1 N–H and O–H groups in total. The highest BCUT2D eigenvalue weighted by Crippen LogP contribution is 2.31. The number of aromatic nitrogens is 3. The summed E-state index contributed by atoms with van der Waals surface area (Å²) in [6, 6.07) is 23.0. The van der Waals surface area contributed by atoms with Crippen LogP contribution < -0.4 is 10.2 Å². The van der Waals surface area contributed by atoms with Crippen LogP contribution in [0.2, 0.25) is 0 Å². The molecule has 0 fully saturated rings. The number of aliphatic imine (C=N–C) groups is 1. The van der Waals surface area contributed by atoms with Gasteiger partial charge >= 0.3 is 0 Å². The van der Waals surface area contributed by atoms with Crippen molar-refractivity contribution in [1.29, 1.82) is 0 Å². The first-order chi connectivity index (χ1) is 19.2. The number of benzene rings is 3. The van der Waals surface area contributed by atoms with Gasteiger partial charge in [0.15, 0.2) is 5.82 Å². The van der Waals surface area contributed by atoms with Gasteiger partial charge < -0.3 is 10.2 Å². The Morgan fingerprint density at radius 3 is 2.30 bits per heavy atom. The zero-order chi connectivity index (χ0) is 28.4. The van der Waals surface area contributed by atoms with Gasteiger partial charge in [-0.1, -0.05) is 39.0 Å². The summed E-state index contributed by atoms with van der Waals surface area (Å²) in [6.45, 7) is 14.7. The number of fused-ring (bicyclic) bond motifs is 1. The maximum absolute atomic E-state index is 12.5. The highest BCUT2D eigenvalue weighted by atomic mass is 16.1. The highest BCUT2D eigenvalue weighted by molar-refractivity contribution is 6.50. The number of rotatable bonds is 7. The second kappa shape index (κ2) is 10.9. The number of hydrogen-bond donors (Lipinski definition) is 1. The molecule has 1 amide bonds. The summed E-state index contributed by atoms with van der Waals surface area (Å²) in [5.41, 5.74) is 6.64. The number of hydrogen-bond acceptors (Lipinski definition) is 6. The molecule has 0 saturated heterocycles. The Kier molecular flexibility index (Phi) is 7.34. The van der Waals surface area contributed by atoms with Crippen LogP contribution in [0.15, 0.2) is 82.9 Å². The lowest BCUT2D eigenvalue weighted by Crippen LogP contribution is -2.27. The molecule has 0 saturated carbocycles. The Labute approximate surface area is 235 Å². The quantitative estimate of drug-likeness (QED) is 0.285. The SMILES string of the molecule is CCN(CC)c1ccc(N=C2C(C(C)(C)C)=Nn3nc(-c4ccc(NC(=O)c5ccccc5)cc4)nc32)c(C)c1. The van der Waals surface area contributed by atoms with Crippen LogP contribution in [-0.2, 0) is 0 Å². The maximum atomic E-state index is 12.5. The number of amides is 1. The number of anilines is 2. The van der Waals surface area contributed by atoms with E-state index in [0.717, 1.165) is 41.3 Å². The zero-order valence-electron chi connectivity index (χ0n) is 23.9. The molecule has 204 valence electrons. The predicted octanol–water partition coefficient (Wildman–Crippen LogP) is 6.74. The van der Waals surface area contributed by atoms with Crippen LogP contribution in [0.4, 0.5) is 17.1 Å². The van der Waals surface area contributed by atoms with Gasteiger partial charge in [0.05, 0.1) is 11.4 Å². The van der Waals surface area contributed by atoms with Crippen LogP contribution in [0.5, 0.6) is 0 Å². The second-order valence-corrected chi connectivity index (χ2v) is 10.8. The molecule has 1 aliphatic heterocycles. The minimum absolute atomic E-state index is 0.155. The molecule has 40 heavy (non-hydrogen) atoms. The molecule has 0 radical (unpaired) electrons. The van der Waals surface area contributed by atoms with Gasteiger partial charge in [-0.2, -0.15) is 5.10 Å². The van der Waals surface area contributed by atoms with Crippen molar-refractivity contribution in [2.75, 3.05) is 23.3 Å². The van der Waals surface area contributed by atoms with E-state index in [1.807, 2.05) is 42.5 Å². The van der Waals surface area contributed by atoms with E-state index in [2.05, 4.69) is 75.1 Å². The summed E-state index contributed by atoms with van der Waals surface area (Å²) < 4.78 is 0. The fourth-order valence-corrected chi connectivity index (χ4v) is 4.67. The molecule has 0 spiro atoms. The largest absolute Gasteiger partial charge is 0.372 e. The molecule has 8 heteroatoms. The molecular weight excluding hydrogens is 498 g/mol. The first-order valence-corrected chi connectivity index (χ1v) is 13.7. The minimum Gasteiger partial charge on any atom is -0.372 e. The fraction of sp³-hybridized carbons (Fsp3) is 0.281. The Bertz CT molecular complexity index is 1590. The Hall–Kier alpha value is -4.59. The molecule has 0 unspecified atom stereocenters. The normalized spacial score (nSPS) is 13.8. The van der Waals surface area contributed by atoms with Crippen molar-refractivity contribution in [1.82, 2.24) is 14.9 Å². The molecule has 3 aromatic carbocycles. The number of carbonyl (C=O) groups excluding carboxylic acids is 1. The van der Waals surface area contributed by atoms with E-state index in [-0.39, 0.29) is 11.3 Å². The first-order valence-electron chi connectivity index (χ1n) is 13.7. The van der Waals surface area contributed by atoms with Crippen LogP contribution in [-0.4, -0.2) is 45.3 Å². The zero-order valence-corrected chi connectivity index (χ0v) is 23.9. The molecule has 0 atom stereocenters. The Morgan fingerprint density at radius 1 is 0.975 bits per heavy atom. The van der Waals surface area contributed by atoms with Crippen molar-refractivity contribution in [3.05, 3.63) is 89.7 Å². The molecule has 5 rings (SSSR count). The van der Waals surface area contributed by atoms with Crippen molar-refractivity contribution < 1.29 is 4.79 Å². The first kappa shape index (κ1) is 27.0. The van der Waals surface area contributed by atoms with E-state index in [1.165, 1.54) is 5.69 Å². The van der Waals surface area contributed by atoms with Crippen molar-refractivity contribution in [2.45, 2.75) is 41.5 Å². The third-order valence-corrected chi connectivity index (χ3v) is 6.91. The van der Waals surface area contributed by atoms with Crippen LogP contribution in [0.1, 0.15) is 56.4 Å². The summed E-state index contributed by atoms with van der Waals surface area (Å²) in [6.07, 6.45) is 0. The lowest BCUT2D eigenvalue weighted by atomic mass is 9.87. The molecule has 0 bridgehead atoms. The highest BCUT2D eigenvalue weighted by Gasteiger charge is 2.35. The third-order valence-electron chi connectivity index (χ3n) is 6.91. The fourth-order valence-electron chi connectivity index (χ4n) is 4.67. The average molecular weight is 534 g/mol. The number of carbonyl (C=O) groups is 1. The predicted molar refractivity (Wildman–Crippen MR) is 163 cm³/mol. The summed E-state index contributed by atoms with van der Waals surface area (Å²) in [5.74, 6) is 1.01. The summed E-state index contributed by atoms with van der Waals surface area (Å²) in [4.78, 5) is 26.3. The smallest absolute Gasteiger partial charge is 0.255 e. The van der Waals surface area contributed by atoms with E-state index < -0.39 is 0 Å². The number of nitrogens with one attached hydrogen (secondary N) is 1.